The molecule has 0 heterocycles. The zero-order chi connectivity index (χ0) is 18.9. The van der Waals surface area contributed by atoms with E-state index < -0.39 is 17.7 Å². The summed E-state index contributed by atoms with van der Waals surface area (Å²) in [6.07, 6.45) is -4.53. The topological polar surface area (TPSA) is 76.2 Å². The summed E-state index contributed by atoms with van der Waals surface area (Å²) < 4.78 is 43.4. The van der Waals surface area contributed by atoms with Crippen LogP contribution < -0.4 is 10.5 Å². The van der Waals surface area contributed by atoms with Gasteiger partial charge in [0.2, 0.25) is 0 Å². The van der Waals surface area contributed by atoms with Crippen LogP contribution in [0.1, 0.15) is 21.5 Å². The van der Waals surface area contributed by atoms with Gasteiger partial charge in [0.25, 0.3) is 0 Å². The molecule has 3 aromatic rings. The molecule has 0 saturated carbocycles. The number of esters is 1. The molecule has 7 heteroatoms. The molecule has 0 aliphatic rings. The number of amidine groups is 1. The molecule has 0 aliphatic heterocycles. The average molecular weight is 358 g/mol. The molecule has 0 fully saturated rings. The van der Waals surface area contributed by atoms with Crippen molar-refractivity contribution in [1.82, 2.24) is 0 Å². The van der Waals surface area contributed by atoms with Crippen LogP contribution in [0.25, 0.3) is 10.8 Å². The molecule has 0 bridgehead atoms. The van der Waals surface area contributed by atoms with E-state index in [0.29, 0.717) is 5.56 Å². The molecule has 3 N–H and O–H groups in total. The first-order valence-corrected chi connectivity index (χ1v) is 7.52. The number of rotatable bonds is 3. The molecule has 0 spiro atoms. The fourth-order valence-corrected chi connectivity index (χ4v) is 2.44. The van der Waals surface area contributed by atoms with Crippen molar-refractivity contribution in [3.05, 3.63) is 77.4 Å². The maximum absolute atomic E-state index is 12.7. The van der Waals surface area contributed by atoms with Crippen LogP contribution in [0.15, 0.2) is 60.7 Å². The van der Waals surface area contributed by atoms with E-state index in [1.165, 1.54) is 12.1 Å². The normalized spacial score (nSPS) is 11.3. The Morgan fingerprint density at radius 1 is 0.923 bits per heavy atom. The van der Waals surface area contributed by atoms with Crippen molar-refractivity contribution in [2.45, 2.75) is 6.18 Å². The number of hydrogen-bond acceptors (Lipinski definition) is 3. The summed E-state index contributed by atoms with van der Waals surface area (Å²) in [6.45, 7) is 0. The Bertz CT molecular complexity index is 1010. The third-order valence-corrected chi connectivity index (χ3v) is 3.76. The van der Waals surface area contributed by atoms with E-state index in [4.69, 9.17) is 15.9 Å². The minimum Gasteiger partial charge on any atom is -0.423 e. The molecular formula is C19H13F3N2O2. The first-order chi connectivity index (χ1) is 12.2. The Morgan fingerprint density at radius 3 is 2.31 bits per heavy atom. The summed E-state index contributed by atoms with van der Waals surface area (Å²) in [5.74, 6) is -0.738. The van der Waals surface area contributed by atoms with Crippen LogP contribution in [0, 0.1) is 5.41 Å². The van der Waals surface area contributed by atoms with Gasteiger partial charge in [0.1, 0.15) is 11.6 Å². The maximum atomic E-state index is 12.7. The molecule has 3 aromatic carbocycles. The standard InChI is InChI=1S/C19H13F3N2O2/c20-19(21,22)15-3-1-2-14(9-15)18(25)26-16-7-6-11-8-13(17(23)24)5-4-12(11)10-16/h1-10H,(H3,23,24). The number of fused-ring (bicyclic) bond motifs is 1. The zero-order valence-electron chi connectivity index (χ0n) is 13.3. The molecular weight excluding hydrogens is 345 g/mol. The van der Waals surface area contributed by atoms with Crippen LogP contribution in [0.3, 0.4) is 0 Å². The van der Waals surface area contributed by atoms with Gasteiger partial charge in [-0.05, 0) is 47.2 Å². The number of carbonyl (C=O) groups is 1. The highest BCUT2D eigenvalue weighted by atomic mass is 19.4. The van der Waals surface area contributed by atoms with Crippen LogP contribution in [0.2, 0.25) is 0 Å². The van der Waals surface area contributed by atoms with Crippen LogP contribution in [0.4, 0.5) is 13.2 Å². The summed E-state index contributed by atoms with van der Waals surface area (Å²) in [5, 5.41) is 8.96. The van der Waals surface area contributed by atoms with Crippen molar-refractivity contribution < 1.29 is 22.7 Å². The van der Waals surface area contributed by atoms with Crippen molar-refractivity contribution in [1.29, 1.82) is 5.41 Å². The summed E-state index contributed by atoms with van der Waals surface area (Å²) in [5.41, 5.74) is 4.90. The Hall–Kier alpha value is -3.35. The molecule has 0 aromatic heterocycles. The van der Waals surface area contributed by atoms with E-state index in [-0.39, 0.29) is 17.1 Å². The molecule has 0 atom stereocenters. The highest BCUT2D eigenvalue weighted by molar-refractivity contribution is 5.99. The van der Waals surface area contributed by atoms with Crippen LogP contribution >= 0.6 is 0 Å². The van der Waals surface area contributed by atoms with E-state index in [1.807, 2.05) is 0 Å². The van der Waals surface area contributed by atoms with Gasteiger partial charge >= 0.3 is 12.1 Å². The fraction of sp³-hybridized carbons (Fsp3) is 0.0526. The number of benzene rings is 3. The second-order valence-corrected chi connectivity index (χ2v) is 5.61. The van der Waals surface area contributed by atoms with E-state index in [1.54, 1.807) is 30.3 Å². The van der Waals surface area contributed by atoms with Gasteiger partial charge < -0.3 is 10.5 Å². The lowest BCUT2D eigenvalue weighted by molar-refractivity contribution is -0.137. The Kier molecular flexibility index (Phi) is 4.38. The van der Waals surface area contributed by atoms with Crippen LogP contribution in [0.5, 0.6) is 5.75 Å². The monoisotopic (exact) mass is 358 g/mol. The summed E-state index contributed by atoms with van der Waals surface area (Å²) in [7, 11) is 0. The SMILES string of the molecule is N=C(N)c1ccc2cc(OC(=O)c3cccc(C(F)(F)F)c3)ccc2c1. The van der Waals surface area contributed by atoms with Gasteiger partial charge in [0, 0.05) is 5.56 Å². The first-order valence-electron chi connectivity index (χ1n) is 7.52. The van der Waals surface area contributed by atoms with Crippen molar-refractivity contribution in [3.8, 4) is 5.75 Å². The number of ether oxygens (including phenoxy) is 1. The van der Waals surface area contributed by atoms with Gasteiger partial charge in [0.05, 0.1) is 11.1 Å². The van der Waals surface area contributed by atoms with Gasteiger partial charge in [-0.3, -0.25) is 5.41 Å². The smallest absolute Gasteiger partial charge is 0.416 e. The fourth-order valence-electron chi connectivity index (χ4n) is 2.44. The first kappa shape index (κ1) is 17.5. The number of nitrogen functional groups attached to an aromatic ring is 1. The molecule has 0 amide bonds. The van der Waals surface area contributed by atoms with Gasteiger partial charge in [-0.2, -0.15) is 13.2 Å². The number of alkyl halides is 3. The number of carbonyl (C=O) groups excluding carboxylic acids is 1. The van der Waals surface area contributed by atoms with Gasteiger partial charge in [-0.15, -0.1) is 0 Å². The highest BCUT2D eigenvalue weighted by Crippen LogP contribution is 2.30. The van der Waals surface area contributed by atoms with E-state index in [9.17, 15) is 18.0 Å². The van der Waals surface area contributed by atoms with E-state index >= 15 is 0 Å². The predicted octanol–water partition coefficient (Wildman–Crippen LogP) is 4.36. The Balaban J connectivity index is 1.85. The molecule has 0 unspecified atom stereocenters. The molecule has 0 aliphatic carbocycles. The zero-order valence-corrected chi connectivity index (χ0v) is 13.3. The molecule has 26 heavy (non-hydrogen) atoms. The van der Waals surface area contributed by atoms with Gasteiger partial charge in [-0.1, -0.05) is 24.3 Å². The quantitative estimate of drug-likeness (QED) is 0.316. The summed E-state index contributed by atoms with van der Waals surface area (Å²) >= 11 is 0. The summed E-state index contributed by atoms with van der Waals surface area (Å²) in [4.78, 5) is 12.1. The minimum atomic E-state index is -4.53. The molecule has 0 saturated heterocycles. The third-order valence-electron chi connectivity index (χ3n) is 3.76. The van der Waals surface area contributed by atoms with Crippen molar-refractivity contribution in [3.63, 3.8) is 0 Å². The Morgan fingerprint density at radius 2 is 1.62 bits per heavy atom. The highest BCUT2D eigenvalue weighted by Gasteiger charge is 2.31. The second kappa shape index (κ2) is 6.51. The molecule has 0 radical (unpaired) electrons. The summed E-state index contributed by atoms with van der Waals surface area (Å²) in [6, 6.07) is 13.9. The third kappa shape index (κ3) is 3.66. The van der Waals surface area contributed by atoms with Gasteiger partial charge in [-0.25, -0.2) is 4.79 Å². The predicted molar refractivity (Wildman–Crippen MR) is 91.4 cm³/mol. The van der Waals surface area contributed by atoms with Crippen molar-refractivity contribution in [2.24, 2.45) is 5.73 Å². The van der Waals surface area contributed by atoms with E-state index in [0.717, 1.165) is 29.0 Å². The maximum Gasteiger partial charge on any atom is 0.416 e. The van der Waals surface area contributed by atoms with E-state index in [2.05, 4.69) is 0 Å². The average Bonchev–Trinajstić information content (AvgIpc) is 2.60. The van der Waals surface area contributed by atoms with Crippen LogP contribution in [-0.2, 0) is 6.18 Å². The molecule has 132 valence electrons. The second-order valence-electron chi connectivity index (χ2n) is 5.61. The number of hydrogen-bond donors (Lipinski definition) is 2. The van der Waals surface area contributed by atoms with Crippen LogP contribution in [-0.4, -0.2) is 11.8 Å². The lowest BCUT2D eigenvalue weighted by atomic mass is 10.1. The van der Waals surface area contributed by atoms with Crippen molar-refractivity contribution in [2.75, 3.05) is 0 Å². The lowest BCUT2D eigenvalue weighted by Crippen LogP contribution is -2.11. The Labute approximate surface area is 146 Å². The lowest BCUT2D eigenvalue weighted by Gasteiger charge is -2.09. The number of nitrogens with one attached hydrogen (secondary N) is 1. The molecule has 4 nitrogen and oxygen atoms in total. The largest absolute Gasteiger partial charge is 0.423 e. The van der Waals surface area contributed by atoms with Gasteiger partial charge in [0.15, 0.2) is 0 Å². The van der Waals surface area contributed by atoms with Crippen molar-refractivity contribution >= 4 is 22.6 Å². The minimum absolute atomic E-state index is 0.0630. The number of nitrogens with two attached hydrogens (primary N) is 1. The number of halogens is 3. The molecule has 3 rings (SSSR count).